The van der Waals surface area contributed by atoms with Crippen molar-refractivity contribution in [3.8, 4) is 6.01 Å². The molecule has 7 nitrogen and oxygen atoms in total. The summed E-state index contributed by atoms with van der Waals surface area (Å²) in [4.78, 5) is 17.4. The lowest BCUT2D eigenvalue weighted by Crippen LogP contribution is -2.37. The predicted octanol–water partition coefficient (Wildman–Crippen LogP) is 0.516. The van der Waals surface area contributed by atoms with Crippen LogP contribution in [0.3, 0.4) is 0 Å². The van der Waals surface area contributed by atoms with Crippen LogP contribution in [0.4, 0.5) is 5.69 Å². The molecule has 0 amide bonds. The van der Waals surface area contributed by atoms with E-state index in [2.05, 4.69) is 15.3 Å². The van der Waals surface area contributed by atoms with Crippen LogP contribution in [0.1, 0.15) is 12.8 Å². The topological polar surface area (TPSA) is 90.2 Å². The monoisotopic (exact) mass is 224 g/mol. The highest BCUT2D eigenvalue weighted by atomic mass is 16.6. The minimum atomic E-state index is -0.536. The molecule has 86 valence electrons. The molecule has 0 radical (unpaired) electrons. The maximum atomic E-state index is 10.4. The largest absolute Gasteiger partial charge is 0.459 e. The number of rotatable bonds is 3. The molecule has 1 N–H and O–H groups in total. The number of ether oxygens (including phenoxy) is 1. The zero-order chi connectivity index (χ0) is 11.4. The van der Waals surface area contributed by atoms with E-state index in [-0.39, 0.29) is 17.8 Å². The molecular formula is C9H12N4O3. The lowest BCUT2D eigenvalue weighted by molar-refractivity contribution is -0.385. The van der Waals surface area contributed by atoms with Gasteiger partial charge in [0.05, 0.1) is 4.92 Å². The van der Waals surface area contributed by atoms with Crippen molar-refractivity contribution in [2.45, 2.75) is 18.9 Å². The Morgan fingerprint density at radius 2 is 2.25 bits per heavy atom. The number of nitrogens with zero attached hydrogens (tertiary/aromatic N) is 3. The van der Waals surface area contributed by atoms with Crippen molar-refractivity contribution >= 4 is 5.69 Å². The van der Waals surface area contributed by atoms with Crippen molar-refractivity contribution in [2.24, 2.45) is 0 Å². The van der Waals surface area contributed by atoms with Gasteiger partial charge in [0.15, 0.2) is 0 Å². The van der Waals surface area contributed by atoms with Crippen LogP contribution in [0.15, 0.2) is 12.4 Å². The molecule has 2 rings (SSSR count). The highest BCUT2D eigenvalue weighted by molar-refractivity contribution is 5.21. The van der Waals surface area contributed by atoms with Gasteiger partial charge < -0.3 is 10.1 Å². The molecule has 1 fully saturated rings. The molecule has 1 aliphatic rings. The van der Waals surface area contributed by atoms with Gasteiger partial charge >= 0.3 is 11.7 Å². The fourth-order valence-electron chi connectivity index (χ4n) is 1.53. The van der Waals surface area contributed by atoms with Crippen LogP contribution in [0.25, 0.3) is 0 Å². The third-order valence-corrected chi connectivity index (χ3v) is 2.35. The van der Waals surface area contributed by atoms with E-state index in [0.717, 1.165) is 38.3 Å². The van der Waals surface area contributed by atoms with E-state index in [1.165, 1.54) is 0 Å². The van der Waals surface area contributed by atoms with Crippen molar-refractivity contribution < 1.29 is 9.66 Å². The van der Waals surface area contributed by atoms with Gasteiger partial charge in [0.2, 0.25) is 0 Å². The quantitative estimate of drug-likeness (QED) is 0.594. The maximum Gasteiger partial charge on any atom is 0.317 e. The molecule has 0 unspecified atom stereocenters. The zero-order valence-corrected chi connectivity index (χ0v) is 8.63. The number of hydrogen-bond donors (Lipinski definition) is 1. The van der Waals surface area contributed by atoms with Crippen molar-refractivity contribution in [1.82, 2.24) is 15.3 Å². The first-order valence-corrected chi connectivity index (χ1v) is 5.09. The van der Waals surface area contributed by atoms with Gasteiger partial charge in [-0.2, -0.15) is 9.97 Å². The van der Waals surface area contributed by atoms with Gasteiger partial charge in [-0.05, 0) is 19.4 Å². The first-order chi connectivity index (χ1) is 7.75. The third kappa shape index (κ3) is 2.63. The van der Waals surface area contributed by atoms with E-state index in [0.29, 0.717) is 0 Å². The molecule has 1 aromatic heterocycles. The van der Waals surface area contributed by atoms with Gasteiger partial charge in [0, 0.05) is 6.54 Å². The van der Waals surface area contributed by atoms with Gasteiger partial charge in [-0.1, -0.05) is 0 Å². The second-order valence-electron chi connectivity index (χ2n) is 3.57. The van der Waals surface area contributed by atoms with Crippen molar-refractivity contribution in [2.75, 3.05) is 13.1 Å². The minimum absolute atomic E-state index is 0.0511. The Bertz CT molecular complexity index is 362. The van der Waals surface area contributed by atoms with Crippen molar-refractivity contribution in [1.29, 1.82) is 0 Å². The summed E-state index contributed by atoms with van der Waals surface area (Å²) >= 11 is 0. The van der Waals surface area contributed by atoms with Crippen LogP contribution in [0.5, 0.6) is 6.01 Å². The molecule has 2 heterocycles. The average Bonchev–Trinajstić information content (AvgIpc) is 2.31. The Morgan fingerprint density at radius 1 is 1.50 bits per heavy atom. The lowest BCUT2D eigenvalue weighted by atomic mass is 10.1. The molecule has 0 aliphatic carbocycles. The van der Waals surface area contributed by atoms with Crippen LogP contribution in [0, 0.1) is 10.1 Å². The van der Waals surface area contributed by atoms with E-state index >= 15 is 0 Å². The molecule has 0 aromatic carbocycles. The Balaban J connectivity index is 1.96. The highest BCUT2D eigenvalue weighted by Crippen LogP contribution is 2.13. The Morgan fingerprint density at radius 3 is 2.81 bits per heavy atom. The summed E-state index contributed by atoms with van der Waals surface area (Å²) in [5, 5.41) is 13.6. The third-order valence-electron chi connectivity index (χ3n) is 2.35. The molecule has 1 aromatic rings. The van der Waals surface area contributed by atoms with E-state index in [1.54, 1.807) is 0 Å². The van der Waals surface area contributed by atoms with E-state index in [9.17, 15) is 10.1 Å². The molecule has 0 spiro atoms. The fraction of sp³-hybridized carbons (Fsp3) is 0.556. The fourth-order valence-corrected chi connectivity index (χ4v) is 1.53. The summed E-state index contributed by atoms with van der Waals surface area (Å²) in [6.07, 6.45) is 4.36. The molecule has 7 heteroatoms. The summed E-state index contributed by atoms with van der Waals surface area (Å²) < 4.78 is 5.48. The standard InChI is InChI=1S/C9H12N4O3/c14-13(15)7-4-11-9(12-5-7)16-8-2-1-3-10-6-8/h4-5,8,10H,1-3,6H2/t8-/m0/s1. The van der Waals surface area contributed by atoms with Crippen LogP contribution in [-0.2, 0) is 0 Å². The normalized spacial score (nSPS) is 20.4. The molecule has 1 atom stereocenters. The van der Waals surface area contributed by atoms with E-state index in [1.807, 2.05) is 0 Å². The second kappa shape index (κ2) is 4.84. The molecule has 0 bridgehead atoms. The Kier molecular flexibility index (Phi) is 3.25. The summed E-state index contributed by atoms with van der Waals surface area (Å²) in [5.74, 6) is 0. The molecular weight excluding hydrogens is 212 g/mol. The zero-order valence-electron chi connectivity index (χ0n) is 8.63. The van der Waals surface area contributed by atoms with Crippen LogP contribution in [0.2, 0.25) is 0 Å². The number of hydrogen-bond acceptors (Lipinski definition) is 6. The number of piperidine rings is 1. The first kappa shape index (κ1) is 10.7. The summed E-state index contributed by atoms with van der Waals surface area (Å²) in [6, 6.07) is 0.194. The summed E-state index contributed by atoms with van der Waals surface area (Å²) in [6.45, 7) is 1.77. The summed E-state index contributed by atoms with van der Waals surface area (Å²) in [7, 11) is 0. The van der Waals surface area contributed by atoms with Gasteiger partial charge in [-0.3, -0.25) is 10.1 Å². The smallest absolute Gasteiger partial charge is 0.317 e. The lowest BCUT2D eigenvalue weighted by Gasteiger charge is -2.22. The van der Waals surface area contributed by atoms with E-state index < -0.39 is 4.92 Å². The summed E-state index contributed by atoms with van der Waals surface area (Å²) in [5.41, 5.74) is -0.130. The van der Waals surface area contributed by atoms with Gasteiger partial charge in [-0.15, -0.1) is 0 Å². The first-order valence-electron chi connectivity index (χ1n) is 5.09. The Labute approximate surface area is 92.0 Å². The number of aromatic nitrogens is 2. The van der Waals surface area contributed by atoms with Gasteiger partial charge in [0.1, 0.15) is 18.5 Å². The number of nitrogens with one attached hydrogen (secondary N) is 1. The van der Waals surface area contributed by atoms with Crippen LogP contribution >= 0.6 is 0 Å². The van der Waals surface area contributed by atoms with Crippen LogP contribution < -0.4 is 10.1 Å². The van der Waals surface area contributed by atoms with Gasteiger partial charge in [0.25, 0.3) is 0 Å². The number of nitro groups is 1. The molecule has 1 saturated heterocycles. The Hall–Kier alpha value is -1.76. The predicted molar refractivity (Wildman–Crippen MR) is 55.2 cm³/mol. The maximum absolute atomic E-state index is 10.4. The van der Waals surface area contributed by atoms with Gasteiger partial charge in [-0.25, -0.2) is 0 Å². The van der Waals surface area contributed by atoms with E-state index in [4.69, 9.17) is 4.74 Å². The second-order valence-corrected chi connectivity index (χ2v) is 3.57. The molecule has 16 heavy (non-hydrogen) atoms. The molecule has 1 aliphatic heterocycles. The van der Waals surface area contributed by atoms with Crippen molar-refractivity contribution in [3.63, 3.8) is 0 Å². The SMILES string of the molecule is O=[N+]([O-])c1cnc(O[C@H]2CCCNC2)nc1. The van der Waals surface area contributed by atoms with Crippen LogP contribution in [-0.4, -0.2) is 34.1 Å². The van der Waals surface area contributed by atoms with Crippen molar-refractivity contribution in [3.05, 3.63) is 22.5 Å². The molecule has 0 saturated carbocycles. The highest BCUT2D eigenvalue weighted by Gasteiger charge is 2.16. The average molecular weight is 224 g/mol. The minimum Gasteiger partial charge on any atom is -0.459 e.